The molecule has 0 bridgehead atoms. The van der Waals surface area contributed by atoms with Gasteiger partial charge in [-0.15, -0.1) is 0 Å². The van der Waals surface area contributed by atoms with Gasteiger partial charge in [-0.25, -0.2) is 0 Å². The van der Waals surface area contributed by atoms with Gasteiger partial charge in [0, 0.05) is 30.1 Å². The number of aromatic nitrogens is 1. The van der Waals surface area contributed by atoms with Crippen LogP contribution in [0.3, 0.4) is 0 Å². The summed E-state index contributed by atoms with van der Waals surface area (Å²) in [5, 5.41) is 12.2. The maximum absolute atomic E-state index is 12.0. The van der Waals surface area contributed by atoms with Crippen LogP contribution in [0.1, 0.15) is 24.5 Å². The first-order valence-electron chi connectivity index (χ1n) is 7.28. The number of carbonyl (C=O) groups excluding carboxylic acids is 1. The third kappa shape index (κ3) is 4.56. The summed E-state index contributed by atoms with van der Waals surface area (Å²) in [7, 11) is 0. The van der Waals surface area contributed by atoms with E-state index in [0.29, 0.717) is 36.4 Å². The molecule has 0 aliphatic carbocycles. The zero-order valence-corrected chi connectivity index (χ0v) is 12.6. The lowest BCUT2D eigenvalue weighted by Crippen LogP contribution is -2.12. The number of hydrogen-bond donors (Lipinski definition) is 2. The van der Waals surface area contributed by atoms with E-state index in [2.05, 4.69) is 10.3 Å². The van der Waals surface area contributed by atoms with Crippen molar-refractivity contribution >= 4 is 11.6 Å². The van der Waals surface area contributed by atoms with Crippen molar-refractivity contribution < 1.29 is 14.6 Å². The van der Waals surface area contributed by atoms with Crippen molar-refractivity contribution in [3.8, 4) is 5.75 Å². The lowest BCUT2D eigenvalue weighted by Gasteiger charge is -2.11. The van der Waals surface area contributed by atoms with E-state index in [1.54, 1.807) is 30.6 Å². The number of anilines is 1. The largest absolute Gasteiger partial charge is 0.494 e. The van der Waals surface area contributed by atoms with Gasteiger partial charge in [-0.3, -0.25) is 9.78 Å². The summed E-state index contributed by atoms with van der Waals surface area (Å²) in [6.07, 6.45) is 4.49. The Hall–Kier alpha value is -2.40. The van der Waals surface area contributed by atoms with Crippen LogP contribution < -0.4 is 10.1 Å². The van der Waals surface area contributed by atoms with E-state index in [4.69, 9.17) is 4.74 Å². The van der Waals surface area contributed by atoms with Gasteiger partial charge < -0.3 is 15.2 Å². The Morgan fingerprint density at radius 2 is 2.23 bits per heavy atom. The van der Waals surface area contributed by atoms with Gasteiger partial charge in [-0.05, 0) is 43.2 Å². The van der Waals surface area contributed by atoms with Crippen molar-refractivity contribution in [2.24, 2.45) is 0 Å². The molecule has 2 aromatic rings. The summed E-state index contributed by atoms with van der Waals surface area (Å²) in [5.74, 6) is 0.565. The Morgan fingerprint density at radius 3 is 2.91 bits per heavy atom. The van der Waals surface area contributed by atoms with Crippen LogP contribution in [0, 0.1) is 0 Å². The lowest BCUT2D eigenvalue weighted by molar-refractivity contribution is -0.116. The molecule has 0 aliphatic rings. The molecule has 0 radical (unpaired) electrons. The molecule has 116 valence electrons. The van der Waals surface area contributed by atoms with Crippen LogP contribution in [0.15, 0.2) is 42.7 Å². The van der Waals surface area contributed by atoms with Gasteiger partial charge in [0.25, 0.3) is 0 Å². The average molecular weight is 300 g/mol. The molecule has 5 nitrogen and oxygen atoms in total. The molecular weight excluding hydrogens is 280 g/mol. The fourth-order valence-corrected chi connectivity index (χ4v) is 2.10. The predicted molar refractivity (Wildman–Crippen MR) is 84.7 cm³/mol. The number of aliphatic hydroxyl groups is 1. The van der Waals surface area contributed by atoms with E-state index in [1.807, 2.05) is 19.1 Å². The normalized spacial score (nSPS) is 10.3. The fraction of sp³-hybridized carbons (Fsp3) is 0.294. The summed E-state index contributed by atoms with van der Waals surface area (Å²) >= 11 is 0. The second-order valence-electron chi connectivity index (χ2n) is 4.82. The maximum atomic E-state index is 12.0. The number of aliphatic hydroxyl groups excluding tert-OH is 1. The van der Waals surface area contributed by atoms with Gasteiger partial charge in [-0.1, -0.05) is 6.07 Å². The van der Waals surface area contributed by atoms with Crippen LogP contribution in [0.5, 0.6) is 5.75 Å². The minimum atomic E-state index is -0.130. The van der Waals surface area contributed by atoms with Crippen molar-refractivity contribution in [1.29, 1.82) is 0 Å². The molecule has 1 aromatic carbocycles. The summed E-state index contributed by atoms with van der Waals surface area (Å²) in [6.45, 7) is 2.29. The number of nitrogens with one attached hydrogen (secondary N) is 1. The fourth-order valence-electron chi connectivity index (χ4n) is 2.10. The highest BCUT2D eigenvalue weighted by Gasteiger charge is 2.07. The number of aryl methyl sites for hydroxylation is 1. The Balaban J connectivity index is 1.93. The number of benzene rings is 1. The number of nitrogens with zero attached hydrogens (tertiary/aromatic N) is 1. The molecular formula is C17H20N2O3. The first-order valence-corrected chi connectivity index (χ1v) is 7.28. The predicted octanol–water partition coefficient (Wildman–Crippen LogP) is 2.54. The molecule has 1 amide bonds. The summed E-state index contributed by atoms with van der Waals surface area (Å²) in [6, 6.07) is 9.05. The smallest absolute Gasteiger partial charge is 0.224 e. The second kappa shape index (κ2) is 8.14. The Labute approximate surface area is 130 Å². The highest BCUT2D eigenvalue weighted by molar-refractivity contribution is 5.91. The number of pyridine rings is 1. The maximum Gasteiger partial charge on any atom is 0.224 e. The molecule has 0 saturated carbocycles. The van der Waals surface area contributed by atoms with Crippen LogP contribution in [-0.2, 0) is 17.8 Å². The SMILES string of the molecule is CCOc1ccc(NC(=O)CCc2cccnc2)cc1CO. The van der Waals surface area contributed by atoms with Gasteiger partial charge in [0.15, 0.2) is 0 Å². The van der Waals surface area contributed by atoms with E-state index in [0.717, 1.165) is 5.56 Å². The summed E-state index contributed by atoms with van der Waals surface area (Å²) in [4.78, 5) is 16.0. The summed E-state index contributed by atoms with van der Waals surface area (Å²) in [5.41, 5.74) is 2.34. The topological polar surface area (TPSA) is 71.5 Å². The molecule has 0 fully saturated rings. The van der Waals surface area contributed by atoms with Gasteiger partial charge >= 0.3 is 0 Å². The third-order valence-corrected chi connectivity index (χ3v) is 3.18. The van der Waals surface area contributed by atoms with Crippen molar-refractivity contribution in [2.45, 2.75) is 26.4 Å². The molecule has 0 spiro atoms. The number of rotatable bonds is 7. The molecule has 0 unspecified atom stereocenters. The van der Waals surface area contributed by atoms with Crippen LogP contribution in [0.2, 0.25) is 0 Å². The lowest BCUT2D eigenvalue weighted by atomic mass is 10.1. The van der Waals surface area contributed by atoms with E-state index in [1.165, 1.54) is 0 Å². The minimum absolute atomic E-state index is 0.0723. The van der Waals surface area contributed by atoms with Crippen LogP contribution in [-0.4, -0.2) is 22.6 Å². The van der Waals surface area contributed by atoms with Crippen molar-refractivity contribution in [2.75, 3.05) is 11.9 Å². The zero-order valence-electron chi connectivity index (χ0n) is 12.6. The number of carbonyl (C=O) groups is 1. The van der Waals surface area contributed by atoms with Gasteiger partial charge in [0.05, 0.1) is 13.2 Å². The van der Waals surface area contributed by atoms with Crippen LogP contribution in [0.4, 0.5) is 5.69 Å². The molecule has 1 aromatic heterocycles. The van der Waals surface area contributed by atoms with Crippen LogP contribution >= 0.6 is 0 Å². The van der Waals surface area contributed by atoms with E-state index >= 15 is 0 Å². The second-order valence-corrected chi connectivity index (χ2v) is 4.82. The quantitative estimate of drug-likeness (QED) is 0.824. The number of amides is 1. The Bertz CT molecular complexity index is 615. The molecule has 5 heteroatoms. The molecule has 2 N–H and O–H groups in total. The monoisotopic (exact) mass is 300 g/mol. The standard InChI is InChI=1S/C17H20N2O3/c1-2-22-16-7-6-15(10-14(16)12-20)19-17(21)8-5-13-4-3-9-18-11-13/h3-4,6-7,9-11,20H,2,5,8,12H2,1H3,(H,19,21). The van der Waals surface area contributed by atoms with E-state index in [9.17, 15) is 9.90 Å². The molecule has 0 atom stereocenters. The summed E-state index contributed by atoms with van der Waals surface area (Å²) < 4.78 is 5.41. The Morgan fingerprint density at radius 1 is 1.36 bits per heavy atom. The van der Waals surface area contributed by atoms with Crippen molar-refractivity contribution in [1.82, 2.24) is 4.98 Å². The number of ether oxygens (including phenoxy) is 1. The zero-order chi connectivity index (χ0) is 15.8. The van der Waals surface area contributed by atoms with Gasteiger partial charge in [0.2, 0.25) is 5.91 Å². The first kappa shape index (κ1) is 16.0. The van der Waals surface area contributed by atoms with Crippen LogP contribution in [0.25, 0.3) is 0 Å². The minimum Gasteiger partial charge on any atom is -0.494 e. The van der Waals surface area contributed by atoms with Crippen molar-refractivity contribution in [3.05, 3.63) is 53.9 Å². The highest BCUT2D eigenvalue weighted by Crippen LogP contribution is 2.23. The average Bonchev–Trinajstić information content (AvgIpc) is 2.55. The van der Waals surface area contributed by atoms with E-state index < -0.39 is 0 Å². The molecule has 2 rings (SSSR count). The molecule has 0 aliphatic heterocycles. The first-order chi connectivity index (χ1) is 10.7. The number of hydrogen-bond acceptors (Lipinski definition) is 4. The van der Waals surface area contributed by atoms with Crippen molar-refractivity contribution in [3.63, 3.8) is 0 Å². The van der Waals surface area contributed by atoms with Gasteiger partial charge in [-0.2, -0.15) is 0 Å². The third-order valence-electron chi connectivity index (χ3n) is 3.18. The highest BCUT2D eigenvalue weighted by atomic mass is 16.5. The molecule has 1 heterocycles. The molecule has 0 saturated heterocycles. The Kier molecular flexibility index (Phi) is 5.91. The molecule has 22 heavy (non-hydrogen) atoms. The van der Waals surface area contributed by atoms with Gasteiger partial charge in [0.1, 0.15) is 5.75 Å². The van der Waals surface area contributed by atoms with E-state index in [-0.39, 0.29) is 12.5 Å².